The first kappa shape index (κ1) is 11.6. The normalized spacial score (nSPS) is 33.4. The fraction of sp³-hybridized carbons (Fsp3) is 0.875. The van der Waals surface area contributed by atoms with Crippen molar-refractivity contribution in [1.29, 1.82) is 0 Å². The minimum absolute atomic E-state index is 0.280. The SMILES string of the molecule is CC1(C)C(C(=O)O)C1C(O)CS(=O)O. The number of aliphatic hydroxyl groups excluding tert-OH is 1. The van der Waals surface area contributed by atoms with E-state index in [-0.39, 0.29) is 5.75 Å². The molecule has 82 valence electrons. The largest absolute Gasteiger partial charge is 0.481 e. The maximum Gasteiger partial charge on any atom is 0.307 e. The van der Waals surface area contributed by atoms with E-state index in [1.807, 2.05) is 0 Å². The van der Waals surface area contributed by atoms with Gasteiger partial charge in [-0.25, -0.2) is 4.21 Å². The van der Waals surface area contributed by atoms with Crippen LogP contribution in [0.25, 0.3) is 0 Å². The molecule has 3 N–H and O–H groups in total. The molecule has 1 rings (SSSR count). The molecule has 0 aromatic rings. The van der Waals surface area contributed by atoms with Crippen molar-refractivity contribution in [3.63, 3.8) is 0 Å². The average molecular weight is 222 g/mol. The van der Waals surface area contributed by atoms with Crippen molar-refractivity contribution in [2.75, 3.05) is 5.75 Å². The van der Waals surface area contributed by atoms with Crippen molar-refractivity contribution in [2.24, 2.45) is 17.3 Å². The van der Waals surface area contributed by atoms with E-state index in [4.69, 9.17) is 9.66 Å². The molecule has 1 aliphatic rings. The van der Waals surface area contributed by atoms with Gasteiger partial charge in [0.25, 0.3) is 0 Å². The average Bonchev–Trinajstić information content (AvgIpc) is 2.51. The molecule has 0 heterocycles. The second-order valence-corrected chi connectivity index (χ2v) is 5.19. The number of carbonyl (C=O) groups is 1. The first-order valence-corrected chi connectivity index (χ1v) is 5.54. The van der Waals surface area contributed by atoms with Crippen LogP contribution in [0.4, 0.5) is 0 Å². The number of hydrogen-bond acceptors (Lipinski definition) is 3. The van der Waals surface area contributed by atoms with Gasteiger partial charge in [0, 0.05) is 5.92 Å². The molecule has 1 saturated carbocycles. The van der Waals surface area contributed by atoms with Crippen LogP contribution in [0.15, 0.2) is 0 Å². The summed E-state index contributed by atoms with van der Waals surface area (Å²) >= 11 is -2.08. The number of aliphatic carboxylic acids is 1. The second-order valence-electron chi connectivity index (χ2n) is 4.22. The Bertz CT molecular complexity index is 275. The van der Waals surface area contributed by atoms with Crippen molar-refractivity contribution in [1.82, 2.24) is 0 Å². The van der Waals surface area contributed by atoms with Gasteiger partial charge in [-0.3, -0.25) is 4.79 Å². The smallest absolute Gasteiger partial charge is 0.307 e. The van der Waals surface area contributed by atoms with E-state index < -0.39 is 40.4 Å². The molecule has 1 fully saturated rings. The second kappa shape index (κ2) is 3.60. The first-order valence-electron chi connectivity index (χ1n) is 4.26. The Morgan fingerprint density at radius 1 is 1.57 bits per heavy atom. The Kier molecular flexibility index (Phi) is 2.99. The Hall–Kier alpha value is -0.460. The molecule has 4 atom stereocenters. The van der Waals surface area contributed by atoms with Crippen LogP contribution in [0.3, 0.4) is 0 Å². The van der Waals surface area contributed by atoms with Crippen LogP contribution >= 0.6 is 0 Å². The standard InChI is InChI=1S/C8H14O5S/c1-8(2)5(6(8)7(10)11)4(9)3-14(12)13/h4-6,9H,3H2,1-2H3,(H,10,11)(H,12,13). The summed E-state index contributed by atoms with van der Waals surface area (Å²) in [6.07, 6.45) is -1.02. The van der Waals surface area contributed by atoms with Gasteiger partial charge in [-0.2, -0.15) is 0 Å². The van der Waals surface area contributed by atoms with Gasteiger partial charge >= 0.3 is 5.97 Å². The molecular formula is C8H14O5S. The first-order chi connectivity index (χ1) is 6.28. The highest BCUT2D eigenvalue weighted by atomic mass is 32.2. The minimum Gasteiger partial charge on any atom is -0.481 e. The molecule has 0 aromatic carbocycles. The summed E-state index contributed by atoms with van der Waals surface area (Å²) in [5.41, 5.74) is -0.482. The van der Waals surface area contributed by atoms with E-state index in [0.717, 1.165) is 0 Å². The van der Waals surface area contributed by atoms with Crippen LogP contribution in [-0.4, -0.2) is 36.8 Å². The van der Waals surface area contributed by atoms with Gasteiger partial charge < -0.3 is 14.8 Å². The molecule has 0 amide bonds. The fourth-order valence-corrected chi connectivity index (χ4v) is 2.62. The van der Waals surface area contributed by atoms with Gasteiger partial charge in [-0.15, -0.1) is 0 Å². The van der Waals surface area contributed by atoms with Gasteiger partial charge in [0.2, 0.25) is 0 Å². The zero-order chi connectivity index (χ0) is 11.1. The number of rotatable bonds is 4. The summed E-state index contributed by atoms with van der Waals surface area (Å²) in [6.45, 7) is 3.47. The zero-order valence-corrected chi connectivity index (χ0v) is 8.82. The van der Waals surface area contributed by atoms with Crippen molar-refractivity contribution in [2.45, 2.75) is 20.0 Å². The predicted molar refractivity (Wildman–Crippen MR) is 50.0 cm³/mol. The van der Waals surface area contributed by atoms with Crippen molar-refractivity contribution < 1.29 is 23.8 Å². The van der Waals surface area contributed by atoms with Gasteiger partial charge in [-0.1, -0.05) is 13.8 Å². The number of hydrogen-bond donors (Lipinski definition) is 3. The summed E-state index contributed by atoms with van der Waals surface area (Å²) in [7, 11) is 0. The molecule has 0 aromatic heterocycles. The maximum atomic E-state index is 10.7. The topological polar surface area (TPSA) is 94.8 Å². The molecule has 0 spiro atoms. The van der Waals surface area contributed by atoms with E-state index in [1.165, 1.54) is 0 Å². The third-order valence-electron chi connectivity index (χ3n) is 2.90. The third kappa shape index (κ3) is 1.97. The van der Waals surface area contributed by atoms with Crippen molar-refractivity contribution >= 4 is 17.0 Å². The molecule has 4 unspecified atom stereocenters. The van der Waals surface area contributed by atoms with Crippen LogP contribution in [0.2, 0.25) is 0 Å². The summed E-state index contributed by atoms with van der Waals surface area (Å²) < 4.78 is 19.0. The van der Waals surface area contributed by atoms with Gasteiger partial charge in [-0.05, 0) is 5.41 Å². The van der Waals surface area contributed by atoms with Crippen LogP contribution in [0, 0.1) is 17.3 Å². The van der Waals surface area contributed by atoms with E-state index >= 15 is 0 Å². The van der Waals surface area contributed by atoms with Crippen LogP contribution in [0.5, 0.6) is 0 Å². The summed E-state index contributed by atoms with van der Waals surface area (Å²) in [6, 6.07) is 0. The Morgan fingerprint density at radius 2 is 2.07 bits per heavy atom. The number of aliphatic hydroxyl groups is 1. The summed E-state index contributed by atoms with van der Waals surface area (Å²) in [4.78, 5) is 10.7. The highest BCUT2D eigenvalue weighted by Gasteiger charge is 2.64. The van der Waals surface area contributed by atoms with Crippen molar-refractivity contribution in [3.05, 3.63) is 0 Å². The molecule has 14 heavy (non-hydrogen) atoms. The molecule has 0 saturated heterocycles. The lowest BCUT2D eigenvalue weighted by Crippen LogP contribution is -2.21. The minimum atomic E-state index is -2.08. The molecule has 6 heteroatoms. The highest BCUT2D eigenvalue weighted by molar-refractivity contribution is 7.79. The van der Waals surface area contributed by atoms with E-state index in [1.54, 1.807) is 13.8 Å². The quantitative estimate of drug-likeness (QED) is 0.578. The van der Waals surface area contributed by atoms with Gasteiger partial charge in [0.15, 0.2) is 11.1 Å². The predicted octanol–water partition coefficient (Wildman–Crippen LogP) is -0.0742. The highest BCUT2D eigenvalue weighted by Crippen LogP contribution is 2.59. The van der Waals surface area contributed by atoms with Crippen LogP contribution in [0.1, 0.15) is 13.8 Å². The van der Waals surface area contributed by atoms with Crippen molar-refractivity contribution in [3.8, 4) is 0 Å². The van der Waals surface area contributed by atoms with E-state index in [0.29, 0.717) is 0 Å². The molecule has 1 aliphatic carbocycles. The summed E-state index contributed by atoms with van der Waals surface area (Å²) in [5.74, 6) is -2.27. The molecule has 0 aliphatic heterocycles. The van der Waals surface area contributed by atoms with Gasteiger partial charge in [0.05, 0.1) is 17.8 Å². The van der Waals surface area contributed by atoms with E-state index in [2.05, 4.69) is 0 Å². The lowest BCUT2D eigenvalue weighted by atomic mass is 10.1. The van der Waals surface area contributed by atoms with Crippen LogP contribution in [-0.2, 0) is 15.9 Å². The third-order valence-corrected chi connectivity index (χ3v) is 3.53. The number of carboxylic acid groups (broad SMARTS) is 1. The lowest BCUT2D eigenvalue weighted by molar-refractivity contribution is -0.139. The lowest BCUT2D eigenvalue weighted by Gasteiger charge is -2.08. The molecule has 0 bridgehead atoms. The fourth-order valence-electron chi connectivity index (χ4n) is 2.12. The summed E-state index contributed by atoms with van der Waals surface area (Å²) in [5, 5.41) is 18.3. The Morgan fingerprint density at radius 3 is 2.36 bits per heavy atom. The molecule has 5 nitrogen and oxygen atoms in total. The monoisotopic (exact) mass is 222 g/mol. The van der Waals surface area contributed by atoms with Gasteiger partial charge in [0.1, 0.15) is 0 Å². The Labute approximate surface area is 84.4 Å². The molecule has 0 radical (unpaired) electrons. The number of carboxylic acids is 1. The Balaban J connectivity index is 2.63. The molecular weight excluding hydrogens is 208 g/mol. The maximum absolute atomic E-state index is 10.7. The zero-order valence-electron chi connectivity index (χ0n) is 8.01. The van der Waals surface area contributed by atoms with E-state index in [9.17, 15) is 14.1 Å². The van der Waals surface area contributed by atoms with Crippen LogP contribution < -0.4 is 0 Å².